The number of aliphatic carboxylic acids is 1. The van der Waals surface area contributed by atoms with Crippen molar-refractivity contribution in [2.75, 3.05) is 13.2 Å². The van der Waals surface area contributed by atoms with E-state index >= 15 is 4.39 Å². The highest BCUT2D eigenvalue weighted by atomic mass is 19.1. The monoisotopic (exact) mass is 558 g/mol. The summed E-state index contributed by atoms with van der Waals surface area (Å²) >= 11 is 0. The van der Waals surface area contributed by atoms with E-state index in [0.717, 1.165) is 32.1 Å². The summed E-state index contributed by atoms with van der Waals surface area (Å²) in [6.07, 6.45) is 7.84. The second-order valence-electron chi connectivity index (χ2n) is 13.1. The van der Waals surface area contributed by atoms with Gasteiger partial charge in [0.2, 0.25) is 5.91 Å². The van der Waals surface area contributed by atoms with Gasteiger partial charge in [0.1, 0.15) is 5.75 Å². The largest absolute Gasteiger partial charge is 0.493 e. The highest BCUT2D eigenvalue weighted by molar-refractivity contribution is 5.98. The summed E-state index contributed by atoms with van der Waals surface area (Å²) in [6.45, 7) is 6.62. The lowest BCUT2D eigenvalue weighted by Gasteiger charge is -2.39. The van der Waals surface area contributed by atoms with E-state index in [1.54, 1.807) is 13.8 Å². The molecule has 4 atom stereocenters. The topological polar surface area (TPSA) is 114 Å². The molecule has 4 fully saturated rings. The zero-order valence-corrected chi connectivity index (χ0v) is 23.9. The van der Waals surface area contributed by atoms with Gasteiger partial charge in [-0.2, -0.15) is 0 Å². The van der Waals surface area contributed by atoms with Gasteiger partial charge in [-0.25, -0.2) is 4.39 Å². The molecule has 0 aliphatic heterocycles. The van der Waals surface area contributed by atoms with Crippen LogP contribution in [0, 0.1) is 34.4 Å². The van der Waals surface area contributed by atoms with Gasteiger partial charge in [-0.15, -0.1) is 0 Å². The van der Waals surface area contributed by atoms with Crippen molar-refractivity contribution in [2.45, 2.75) is 97.1 Å². The van der Waals surface area contributed by atoms with Crippen LogP contribution in [0.1, 0.15) is 95.3 Å². The fourth-order valence-electron chi connectivity index (χ4n) is 7.30. The summed E-state index contributed by atoms with van der Waals surface area (Å²) in [6, 6.07) is 2.29. The third-order valence-corrected chi connectivity index (χ3v) is 10.2. The summed E-state index contributed by atoms with van der Waals surface area (Å²) in [5.41, 5.74) is -0.456. The predicted molar refractivity (Wildman–Crippen MR) is 147 cm³/mol. The number of carbonyl (C=O) groups is 3. The van der Waals surface area contributed by atoms with E-state index in [4.69, 9.17) is 9.47 Å². The number of carboxylic acid groups (broad SMARTS) is 1. The molecule has 0 unspecified atom stereocenters. The third kappa shape index (κ3) is 5.66. The summed E-state index contributed by atoms with van der Waals surface area (Å²) in [4.78, 5) is 38.6. The molecule has 0 heterocycles. The molecule has 1 aromatic carbocycles. The summed E-state index contributed by atoms with van der Waals surface area (Å²) in [5, 5.41) is 15.8. The number of carbonyl (C=O) groups excluding carboxylic acids is 2. The Bertz CT molecular complexity index is 1140. The molecule has 3 N–H and O–H groups in total. The number of nitrogens with one attached hydrogen (secondary N) is 2. The minimum absolute atomic E-state index is 0.0180. The van der Waals surface area contributed by atoms with E-state index in [1.165, 1.54) is 18.6 Å². The quantitative estimate of drug-likeness (QED) is 0.369. The van der Waals surface area contributed by atoms with Gasteiger partial charge in [-0.1, -0.05) is 13.3 Å². The molecule has 40 heavy (non-hydrogen) atoms. The molecule has 220 valence electrons. The van der Waals surface area contributed by atoms with Crippen molar-refractivity contribution in [3.05, 3.63) is 23.5 Å². The lowest BCUT2D eigenvalue weighted by Crippen LogP contribution is -2.51. The molecule has 0 spiro atoms. The maximum Gasteiger partial charge on any atom is 0.309 e. The Morgan fingerprint density at radius 1 is 1.02 bits per heavy atom. The van der Waals surface area contributed by atoms with Gasteiger partial charge in [0.05, 0.1) is 29.6 Å². The molecule has 2 bridgehead atoms. The Balaban J connectivity index is 1.30. The molecule has 4 aliphatic rings. The first-order valence-electron chi connectivity index (χ1n) is 15.0. The fourth-order valence-corrected chi connectivity index (χ4v) is 7.30. The number of hydrogen-bond acceptors (Lipinski definition) is 5. The smallest absolute Gasteiger partial charge is 0.309 e. The second-order valence-corrected chi connectivity index (χ2v) is 13.1. The van der Waals surface area contributed by atoms with E-state index in [2.05, 4.69) is 17.6 Å². The van der Waals surface area contributed by atoms with Crippen molar-refractivity contribution >= 4 is 17.8 Å². The Morgan fingerprint density at radius 2 is 1.73 bits per heavy atom. The molecular weight excluding hydrogens is 515 g/mol. The van der Waals surface area contributed by atoms with Crippen molar-refractivity contribution in [1.82, 2.24) is 10.6 Å². The first-order valence-corrected chi connectivity index (χ1v) is 15.0. The number of amides is 2. The van der Waals surface area contributed by atoms with Gasteiger partial charge in [0, 0.05) is 18.7 Å². The van der Waals surface area contributed by atoms with Gasteiger partial charge >= 0.3 is 5.97 Å². The van der Waals surface area contributed by atoms with Crippen LogP contribution in [0.25, 0.3) is 0 Å². The standard InChI is InChI=1S/C31H43FN2O6/c1-4-39-23-16-22(32)24(40-20-8-12-31(3,13-9-20)29(37)38)15-21(23)27(35)34-26-19-7-6-18(14-19)25(26)28(36)33-17-30(2)10-5-11-30/h15-16,18-20,25-26H,4-14,17H2,1-3H3,(H,33,36)(H,34,35)(H,37,38)/t18-,19+,20-,25+,26-,31+/m1/s1. The Kier molecular flexibility index (Phi) is 8.03. The maximum absolute atomic E-state index is 15.1. The highest BCUT2D eigenvalue weighted by Gasteiger charge is 2.52. The summed E-state index contributed by atoms with van der Waals surface area (Å²) in [7, 11) is 0. The average Bonchev–Trinajstić information content (AvgIpc) is 3.51. The predicted octanol–water partition coefficient (Wildman–Crippen LogP) is 5.09. The van der Waals surface area contributed by atoms with Crippen LogP contribution in [0.2, 0.25) is 0 Å². The van der Waals surface area contributed by atoms with Crippen molar-refractivity contribution in [1.29, 1.82) is 0 Å². The van der Waals surface area contributed by atoms with E-state index < -0.39 is 23.1 Å². The van der Waals surface area contributed by atoms with Crippen LogP contribution >= 0.6 is 0 Å². The molecule has 0 radical (unpaired) electrons. The molecule has 0 saturated heterocycles. The Morgan fingerprint density at radius 3 is 2.35 bits per heavy atom. The normalized spacial score (nSPS) is 32.1. The molecule has 4 aliphatic carbocycles. The molecular formula is C31H43FN2O6. The van der Waals surface area contributed by atoms with Crippen LogP contribution in [0.5, 0.6) is 11.5 Å². The lowest BCUT2D eigenvalue weighted by molar-refractivity contribution is -0.150. The average molecular weight is 559 g/mol. The SMILES string of the molecule is CCOc1cc(F)c(O[C@H]2CC[C@@](C)(C(=O)O)CC2)cc1C(=O)N[C@@H]1[C@H]2CC[C@H](C2)[C@@H]1C(=O)NCC1(C)CCC1. The van der Waals surface area contributed by atoms with Crippen LogP contribution in [0.15, 0.2) is 12.1 Å². The van der Waals surface area contributed by atoms with Crippen molar-refractivity contribution in [3.8, 4) is 11.5 Å². The van der Waals surface area contributed by atoms with Crippen LogP contribution in [-0.2, 0) is 9.59 Å². The zero-order chi connectivity index (χ0) is 28.7. The Hall–Kier alpha value is -2.84. The van der Waals surface area contributed by atoms with Crippen LogP contribution in [-0.4, -0.2) is 48.2 Å². The number of fused-ring (bicyclic) bond motifs is 2. The molecule has 0 aromatic heterocycles. The number of carboxylic acids is 1. The zero-order valence-electron chi connectivity index (χ0n) is 23.9. The van der Waals surface area contributed by atoms with Crippen molar-refractivity contribution in [3.63, 3.8) is 0 Å². The number of benzene rings is 1. The first kappa shape index (κ1) is 28.7. The van der Waals surface area contributed by atoms with Crippen LogP contribution < -0.4 is 20.1 Å². The van der Waals surface area contributed by atoms with E-state index in [9.17, 15) is 19.5 Å². The van der Waals surface area contributed by atoms with E-state index in [0.29, 0.717) is 32.2 Å². The first-order chi connectivity index (χ1) is 19.0. The molecule has 4 saturated carbocycles. The molecule has 1 aromatic rings. The molecule has 9 heteroatoms. The second kappa shape index (κ2) is 11.2. The number of rotatable bonds is 10. The third-order valence-electron chi connectivity index (χ3n) is 10.2. The molecule has 8 nitrogen and oxygen atoms in total. The number of hydrogen-bond donors (Lipinski definition) is 3. The van der Waals surface area contributed by atoms with E-state index in [1.807, 2.05) is 0 Å². The molecule has 5 rings (SSSR count). The van der Waals surface area contributed by atoms with Crippen LogP contribution in [0.4, 0.5) is 4.39 Å². The number of ether oxygens (including phenoxy) is 2. The van der Waals surface area contributed by atoms with Crippen LogP contribution in [0.3, 0.4) is 0 Å². The van der Waals surface area contributed by atoms with E-state index in [-0.39, 0.29) is 64.9 Å². The van der Waals surface area contributed by atoms with Gasteiger partial charge in [-0.3, -0.25) is 14.4 Å². The molecule has 2 amide bonds. The van der Waals surface area contributed by atoms with Gasteiger partial charge in [0.25, 0.3) is 5.91 Å². The van der Waals surface area contributed by atoms with Crippen molar-refractivity contribution in [2.24, 2.45) is 28.6 Å². The summed E-state index contributed by atoms with van der Waals surface area (Å²) < 4.78 is 26.7. The Labute approximate surface area is 235 Å². The lowest BCUT2D eigenvalue weighted by atomic mass is 9.70. The van der Waals surface area contributed by atoms with Gasteiger partial charge in [-0.05, 0) is 95.0 Å². The van der Waals surface area contributed by atoms with Gasteiger partial charge in [0.15, 0.2) is 11.6 Å². The minimum Gasteiger partial charge on any atom is -0.493 e. The highest BCUT2D eigenvalue weighted by Crippen LogP contribution is 2.49. The fraction of sp³-hybridized carbons (Fsp3) is 0.710. The van der Waals surface area contributed by atoms with Crippen molar-refractivity contribution < 1.29 is 33.4 Å². The number of halogens is 1. The van der Waals surface area contributed by atoms with Gasteiger partial charge < -0.3 is 25.2 Å². The summed E-state index contributed by atoms with van der Waals surface area (Å²) in [5.74, 6) is -1.55. The maximum atomic E-state index is 15.1. The minimum atomic E-state index is -0.831.